The van der Waals surface area contributed by atoms with Gasteiger partial charge in [-0.25, -0.2) is 4.39 Å². The molecule has 2 aromatic carbocycles. The molecule has 5 rings (SSSR count). The van der Waals surface area contributed by atoms with Crippen molar-refractivity contribution < 1.29 is 9.18 Å². The number of aromatic nitrogens is 1. The first-order valence-electron chi connectivity index (χ1n) is 10.2. The number of nitrogens with zero attached hydrogens (tertiary/aromatic N) is 2. The van der Waals surface area contributed by atoms with E-state index in [2.05, 4.69) is 5.32 Å². The smallest absolute Gasteiger partial charge is 0.266 e. The van der Waals surface area contributed by atoms with Crippen molar-refractivity contribution in [1.29, 1.82) is 0 Å². The number of carbonyl (C=O) groups is 1. The van der Waals surface area contributed by atoms with Crippen LogP contribution >= 0.6 is 11.3 Å². The van der Waals surface area contributed by atoms with Crippen molar-refractivity contribution in [2.75, 3.05) is 18.4 Å². The minimum atomic E-state index is -0.327. The molecule has 3 heterocycles. The van der Waals surface area contributed by atoms with Crippen molar-refractivity contribution in [2.24, 2.45) is 0 Å². The minimum absolute atomic E-state index is 0.0460. The number of halogens is 1. The lowest BCUT2D eigenvalue weighted by Crippen LogP contribution is -2.27. The summed E-state index contributed by atoms with van der Waals surface area (Å²) in [6.07, 6.45) is 1.98. The van der Waals surface area contributed by atoms with Gasteiger partial charge in [0.05, 0.1) is 11.4 Å². The fraction of sp³-hybridized carbons (Fsp3) is 0.167. The molecule has 0 bridgehead atoms. The number of para-hydroxylation sites is 1. The molecule has 4 aromatic rings. The van der Waals surface area contributed by atoms with Crippen LogP contribution in [0.1, 0.15) is 22.5 Å². The molecule has 0 unspecified atom stereocenters. The fourth-order valence-corrected chi connectivity index (χ4v) is 5.16. The standard InChI is InChI=1S/C24H20FN3O2S/c25-16-8-10-17(11-9-16)26-21-19-12-13-20(29)28(18-6-2-1-3-7-18)24(19)31-22(21)23(30)27-14-4-5-15-27/h1-3,6-13,26H,4-5,14-15H2. The number of pyridine rings is 1. The van der Waals surface area contributed by atoms with Crippen LogP contribution in [0, 0.1) is 5.82 Å². The molecule has 0 atom stereocenters. The molecule has 7 heteroatoms. The van der Waals surface area contributed by atoms with E-state index in [-0.39, 0.29) is 17.3 Å². The quantitative estimate of drug-likeness (QED) is 0.483. The zero-order chi connectivity index (χ0) is 21.4. The molecule has 0 aliphatic carbocycles. The van der Waals surface area contributed by atoms with E-state index in [1.165, 1.54) is 29.5 Å². The lowest BCUT2D eigenvalue weighted by atomic mass is 10.2. The van der Waals surface area contributed by atoms with Gasteiger partial charge in [0.2, 0.25) is 0 Å². The van der Waals surface area contributed by atoms with Crippen molar-refractivity contribution in [3.63, 3.8) is 0 Å². The number of benzene rings is 2. The Kier molecular flexibility index (Phi) is 5.03. The third-order valence-corrected chi connectivity index (χ3v) is 6.64. The zero-order valence-electron chi connectivity index (χ0n) is 16.7. The Hall–Kier alpha value is -3.45. The summed E-state index contributed by atoms with van der Waals surface area (Å²) >= 11 is 1.31. The van der Waals surface area contributed by atoms with Gasteiger partial charge in [-0.3, -0.25) is 14.2 Å². The summed E-state index contributed by atoms with van der Waals surface area (Å²) in [6.45, 7) is 1.46. The topological polar surface area (TPSA) is 54.3 Å². The first-order chi connectivity index (χ1) is 15.1. The predicted molar refractivity (Wildman–Crippen MR) is 122 cm³/mol. The number of rotatable bonds is 4. The van der Waals surface area contributed by atoms with Gasteiger partial charge in [0, 0.05) is 30.2 Å². The lowest BCUT2D eigenvalue weighted by molar-refractivity contribution is 0.0798. The van der Waals surface area contributed by atoms with E-state index in [1.807, 2.05) is 35.2 Å². The van der Waals surface area contributed by atoms with Gasteiger partial charge in [-0.2, -0.15) is 0 Å². The van der Waals surface area contributed by atoms with Crippen molar-refractivity contribution in [3.8, 4) is 5.69 Å². The Morgan fingerprint density at radius 2 is 1.65 bits per heavy atom. The van der Waals surface area contributed by atoms with Gasteiger partial charge in [-0.05, 0) is 55.3 Å². The fourth-order valence-electron chi connectivity index (χ4n) is 3.92. The summed E-state index contributed by atoms with van der Waals surface area (Å²) in [5.74, 6) is -0.373. The first kappa shape index (κ1) is 19.5. The van der Waals surface area contributed by atoms with Crippen molar-refractivity contribution in [3.05, 3.63) is 87.8 Å². The van der Waals surface area contributed by atoms with Crippen molar-refractivity contribution in [1.82, 2.24) is 9.47 Å². The average molecular weight is 434 g/mol. The number of amides is 1. The number of hydrogen-bond donors (Lipinski definition) is 1. The number of anilines is 2. The molecule has 31 heavy (non-hydrogen) atoms. The third kappa shape index (κ3) is 3.61. The Balaban J connectivity index is 1.72. The van der Waals surface area contributed by atoms with Crippen LogP contribution in [0.25, 0.3) is 15.9 Å². The second-order valence-corrected chi connectivity index (χ2v) is 8.50. The van der Waals surface area contributed by atoms with Crippen LogP contribution in [-0.2, 0) is 0 Å². The maximum Gasteiger partial charge on any atom is 0.266 e. The van der Waals surface area contributed by atoms with Crippen LogP contribution in [0.15, 0.2) is 71.5 Å². The van der Waals surface area contributed by atoms with Gasteiger partial charge in [0.1, 0.15) is 15.5 Å². The van der Waals surface area contributed by atoms with Crippen LogP contribution < -0.4 is 10.9 Å². The summed E-state index contributed by atoms with van der Waals surface area (Å²) in [7, 11) is 0. The first-order valence-corrected chi connectivity index (χ1v) is 11.0. The molecule has 1 N–H and O–H groups in total. The highest BCUT2D eigenvalue weighted by Gasteiger charge is 2.27. The zero-order valence-corrected chi connectivity index (χ0v) is 17.5. The average Bonchev–Trinajstić information content (AvgIpc) is 3.44. The summed E-state index contributed by atoms with van der Waals surface area (Å²) in [5.41, 5.74) is 1.91. The molecule has 1 fully saturated rings. The molecule has 5 nitrogen and oxygen atoms in total. The summed E-state index contributed by atoms with van der Waals surface area (Å²) in [5, 5.41) is 4.08. The highest BCUT2D eigenvalue weighted by Crippen LogP contribution is 2.39. The molecule has 0 spiro atoms. The Morgan fingerprint density at radius 3 is 2.35 bits per heavy atom. The van der Waals surface area contributed by atoms with Gasteiger partial charge in [0.15, 0.2) is 0 Å². The largest absolute Gasteiger partial charge is 0.354 e. The van der Waals surface area contributed by atoms with Gasteiger partial charge >= 0.3 is 0 Å². The molecule has 1 aliphatic heterocycles. The van der Waals surface area contributed by atoms with E-state index in [9.17, 15) is 14.0 Å². The highest BCUT2D eigenvalue weighted by atomic mass is 32.1. The number of hydrogen-bond acceptors (Lipinski definition) is 4. The monoisotopic (exact) mass is 433 g/mol. The summed E-state index contributed by atoms with van der Waals surface area (Å²) in [4.78, 5) is 29.3. The van der Waals surface area contributed by atoms with Crippen LogP contribution in [-0.4, -0.2) is 28.5 Å². The van der Waals surface area contributed by atoms with Crippen LogP contribution in [0.5, 0.6) is 0 Å². The third-order valence-electron chi connectivity index (χ3n) is 5.46. The Morgan fingerprint density at radius 1 is 0.935 bits per heavy atom. The molecule has 0 radical (unpaired) electrons. The summed E-state index contributed by atoms with van der Waals surface area (Å²) in [6, 6.07) is 18.7. The molecule has 1 aliphatic rings. The molecule has 156 valence electrons. The molecular weight excluding hydrogens is 413 g/mol. The van der Waals surface area contributed by atoms with Gasteiger partial charge in [0.25, 0.3) is 11.5 Å². The van der Waals surface area contributed by atoms with Crippen LogP contribution in [0.4, 0.5) is 15.8 Å². The molecule has 1 amide bonds. The van der Waals surface area contributed by atoms with E-state index in [0.717, 1.165) is 37.0 Å². The van der Waals surface area contributed by atoms with Gasteiger partial charge in [-0.1, -0.05) is 18.2 Å². The second-order valence-electron chi connectivity index (χ2n) is 7.50. The molecular formula is C24H20FN3O2S. The second kappa shape index (κ2) is 8.00. The predicted octanol–water partition coefficient (Wildman–Crippen LogP) is 5.17. The highest BCUT2D eigenvalue weighted by molar-refractivity contribution is 7.21. The maximum absolute atomic E-state index is 13.4. The van der Waals surface area contributed by atoms with E-state index in [4.69, 9.17) is 0 Å². The van der Waals surface area contributed by atoms with Crippen molar-refractivity contribution in [2.45, 2.75) is 12.8 Å². The maximum atomic E-state index is 13.4. The number of carbonyl (C=O) groups excluding carboxylic acids is 1. The van der Waals surface area contributed by atoms with E-state index < -0.39 is 0 Å². The van der Waals surface area contributed by atoms with Crippen LogP contribution in [0.3, 0.4) is 0 Å². The van der Waals surface area contributed by atoms with E-state index in [1.54, 1.807) is 22.8 Å². The Bertz CT molecular complexity index is 1310. The summed E-state index contributed by atoms with van der Waals surface area (Å²) < 4.78 is 15.0. The minimum Gasteiger partial charge on any atom is -0.354 e. The lowest BCUT2D eigenvalue weighted by Gasteiger charge is -2.16. The number of likely N-dealkylation sites (tertiary alicyclic amines) is 1. The van der Waals surface area contributed by atoms with E-state index in [0.29, 0.717) is 21.1 Å². The van der Waals surface area contributed by atoms with E-state index >= 15 is 0 Å². The number of fused-ring (bicyclic) bond motifs is 1. The SMILES string of the molecule is O=C(c1sc2c(ccc(=O)n2-c2ccccc2)c1Nc1ccc(F)cc1)N1CCCC1. The number of nitrogens with one attached hydrogen (secondary N) is 1. The Labute approximate surface area is 182 Å². The van der Waals surface area contributed by atoms with Crippen LogP contribution in [0.2, 0.25) is 0 Å². The van der Waals surface area contributed by atoms with Gasteiger partial charge in [-0.15, -0.1) is 11.3 Å². The normalized spacial score (nSPS) is 13.6. The van der Waals surface area contributed by atoms with Gasteiger partial charge < -0.3 is 10.2 Å². The molecule has 0 saturated carbocycles. The number of thiophene rings is 1. The molecule has 1 saturated heterocycles. The van der Waals surface area contributed by atoms with Crippen molar-refractivity contribution >= 4 is 38.8 Å². The molecule has 2 aromatic heterocycles.